The topological polar surface area (TPSA) is 64.9 Å². The highest BCUT2D eigenvalue weighted by atomic mass is 16.5. The predicted octanol–water partition coefficient (Wildman–Crippen LogP) is 0.300. The first kappa shape index (κ1) is 12.4. The molecule has 1 aliphatic rings. The Hall–Kier alpha value is -1.01. The standard InChI is InChI=1S/C11H21N5O/c1-12-9(7-10-13-15-16(2)14-10)8-11(17-3)5-4-6-11/h9,12H,4-8H2,1-3H3. The Balaban J connectivity index is 1.92. The van der Waals surface area contributed by atoms with Gasteiger partial charge in [0.25, 0.3) is 0 Å². The molecule has 0 radical (unpaired) electrons. The summed E-state index contributed by atoms with van der Waals surface area (Å²) >= 11 is 0. The molecule has 1 N–H and O–H groups in total. The molecule has 0 aliphatic heterocycles. The van der Waals surface area contributed by atoms with Gasteiger partial charge in [0.05, 0.1) is 12.6 Å². The normalized spacial score (nSPS) is 19.9. The zero-order valence-electron chi connectivity index (χ0n) is 10.8. The predicted molar refractivity (Wildman–Crippen MR) is 63.6 cm³/mol. The van der Waals surface area contributed by atoms with Crippen molar-refractivity contribution in [2.75, 3.05) is 14.2 Å². The number of methoxy groups -OCH3 is 1. The van der Waals surface area contributed by atoms with E-state index in [-0.39, 0.29) is 5.60 Å². The highest BCUT2D eigenvalue weighted by Crippen LogP contribution is 2.39. The van der Waals surface area contributed by atoms with Crippen LogP contribution in [0.5, 0.6) is 0 Å². The molecule has 1 aromatic rings. The monoisotopic (exact) mass is 239 g/mol. The lowest BCUT2D eigenvalue weighted by Gasteiger charge is -2.42. The molecule has 0 aromatic carbocycles. The first-order chi connectivity index (χ1) is 8.17. The van der Waals surface area contributed by atoms with E-state index in [1.165, 1.54) is 11.2 Å². The maximum absolute atomic E-state index is 5.65. The quantitative estimate of drug-likeness (QED) is 0.773. The molecular weight excluding hydrogens is 218 g/mol. The Labute approximate surface area is 102 Å². The van der Waals surface area contributed by atoms with Crippen LogP contribution in [-0.4, -0.2) is 46.0 Å². The van der Waals surface area contributed by atoms with E-state index < -0.39 is 0 Å². The van der Waals surface area contributed by atoms with Crippen LogP contribution >= 0.6 is 0 Å². The van der Waals surface area contributed by atoms with Gasteiger partial charge in [0.1, 0.15) is 0 Å². The number of aryl methyl sites for hydroxylation is 1. The third-order valence-electron chi connectivity index (χ3n) is 3.70. The van der Waals surface area contributed by atoms with Gasteiger partial charge in [0.2, 0.25) is 0 Å². The van der Waals surface area contributed by atoms with Crippen LogP contribution in [-0.2, 0) is 18.2 Å². The summed E-state index contributed by atoms with van der Waals surface area (Å²) in [5.41, 5.74) is 0.0793. The molecular formula is C11H21N5O. The first-order valence-corrected chi connectivity index (χ1v) is 6.13. The van der Waals surface area contributed by atoms with Crippen LogP contribution in [0.4, 0.5) is 0 Å². The maximum Gasteiger partial charge on any atom is 0.176 e. The molecule has 0 bridgehead atoms. The van der Waals surface area contributed by atoms with Gasteiger partial charge in [-0.15, -0.1) is 10.2 Å². The van der Waals surface area contributed by atoms with Crippen molar-refractivity contribution in [1.82, 2.24) is 25.5 Å². The van der Waals surface area contributed by atoms with Crippen LogP contribution in [0.15, 0.2) is 0 Å². The van der Waals surface area contributed by atoms with Gasteiger partial charge in [-0.05, 0) is 37.9 Å². The van der Waals surface area contributed by atoms with Gasteiger partial charge in [-0.25, -0.2) is 0 Å². The van der Waals surface area contributed by atoms with Crippen LogP contribution in [0, 0.1) is 0 Å². The van der Waals surface area contributed by atoms with Crippen molar-refractivity contribution in [3.05, 3.63) is 5.82 Å². The number of tetrazole rings is 1. The minimum Gasteiger partial charge on any atom is -0.378 e. The van der Waals surface area contributed by atoms with Crippen molar-refractivity contribution >= 4 is 0 Å². The Morgan fingerprint density at radius 1 is 1.53 bits per heavy atom. The molecule has 0 spiro atoms. The second-order valence-electron chi connectivity index (χ2n) is 4.83. The fourth-order valence-corrected chi connectivity index (χ4v) is 2.41. The molecule has 6 heteroatoms. The lowest BCUT2D eigenvalue weighted by Crippen LogP contribution is -2.46. The fraction of sp³-hybridized carbons (Fsp3) is 0.909. The molecule has 1 saturated carbocycles. The molecule has 1 atom stereocenters. The summed E-state index contributed by atoms with van der Waals surface area (Å²) in [7, 11) is 5.57. The summed E-state index contributed by atoms with van der Waals surface area (Å²) < 4.78 is 5.65. The molecule has 0 saturated heterocycles. The first-order valence-electron chi connectivity index (χ1n) is 6.13. The second-order valence-corrected chi connectivity index (χ2v) is 4.83. The van der Waals surface area contributed by atoms with E-state index >= 15 is 0 Å². The molecule has 1 unspecified atom stereocenters. The highest BCUT2D eigenvalue weighted by Gasteiger charge is 2.38. The van der Waals surface area contributed by atoms with Crippen molar-refractivity contribution in [2.24, 2.45) is 7.05 Å². The zero-order valence-corrected chi connectivity index (χ0v) is 10.8. The molecule has 2 rings (SSSR count). The molecule has 1 aliphatic carbocycles. The Bertz CT molecular complexity index is 355. The van der Waals surface area contributed by atoms with Crippen molar-refractivity contribution in [2.45, 2.75) is 43.7 Å². The number of hydrogen-bond donors (Lipinski definition) is 1. The fourth-order valence-electron chi connectivity index (χ4n) is 2.41. The summed E-state index contributed by atoms with van der Waals surface area (Å²) in [6.45, 7) is 0. The molecule has 1 fully saturated rings. The van der Waals surface area contributed by atoms with Gasteiger partial charge in [0.15, 0.2) is 5.82 Å². The van der Waals surface area contributed by atoms with Crippen LogP contribution in [0.3, 0.4) is 0 Å². The van der Waals surface area contributed by atoms with Crippen molar-refractivity contribution in [3.8, 4) is 0 Å². The molecule has 96 valence electrons. The van der Waals surface area contributed by atoms with Crippen LogP contribution in [0.2, 0.25) is 0 Å². The number of hydrogen-bond acceptors (Lipinski definition) is 5. The number of aromatic nitrogens is 4. The lowest BCUT2D eigenvalue weighted by atomic mass is 9.75. The maximum atomic E-state index is 5.65. The van der Waals surface area contributed by atoms with E-state index in [4.69, 9.17) is 4.74 Å². The molecule has 1 aromatic heterocycles. The highest BCUT2D eigenvalue weighted by molar-refractivity contribution is 4.95. The average molecular weight is 239 g/mol. The number of rotatable bonds is 6. The smallest absolute Gasteiger partial charge is 0.176 e. The van der Waals surface area contributed by atoms with Gasteiger partial charge < -0.3 is 10.1 Å². The zero-order chi connectivity index (χ0) is 12.3. The SMILES string of the molecule is CNC(Cc1nnn(C)n1)CC1(OC)CCC1. The summed E-state index contributed by atoms with van der Waals surface area (Å²) in [4.78, 5) is 1.50. The number of nitrogens with one attached hydrogen (secondary N) is 1. The molecule has 6 nitrogen and oxygen atoms in total. The van der Waals surface area contributed by atoms with Gasteiger partial charge in [-0.3, -0.25) is 0 Å². The third-order valence-corrected chi connectivity index (χ3v) is 3.70. The minimum absolute atomic E-state index is 0.0793. The van der Waals surface area contributed by atoms with E-state index in [9.17, 15) is 0 Å². The minimum atomic E-state index is 0.0793. The number of ether oxygens (including phenoxy) is 1. The Kier molecular flexibility index (Phi) is 3.73. The third kappa shape index (κ3) is 2.81. The second kappa shape index (κ2) is 5.10. The molecule has 1 heterocycles. The van der Waals surface area contributed by atoms with Crippen LogP contribution in [0.1, 0.15) is 31.5 Å². The summed E-state index contributed by atoms with van der Waals surface area (Å²) in [5, 5.41) is 15.4. The van der Waals surface area contributed by atoms with Gasteiger partial charge in [-0.1, -0.05) is 0 Å². The molecule has 17 heavy (non-hydrogen) atoms. The lowest BCUT2D eigenvalue weighted by molar-refractivity contribution is -0.0831. The van der Waals surface area contributed by atoms with Crippen molar-refractivity contribution < 1.29 is 4.74 Å². The summed E-state index contributed by atoms with van der Waals surface area (Å²) in [5.74, 6) is 0.789. The van der Waals surface area contributed by atoms with Crippen LogP contribution < -0.4 is 5.32 Å². The molecule has 0 amide bonds. The van der Waals surface area contributed by atoms with Gasteiger partial charge >= 0.3 is 0 Å². The van der Waals surface area contributed by atoms with E-state index in [1.807, 2.05) is 14.2 Å². The summed E-state index contributed by atoms with van der Waals surface area (Å²) in [6, 6.07) is 0.347. The summed E-state index contributed by atoms with van der Waals surface area (Å²) in [6.07, 6.45) is 5.41. The Morgan fingerprint density at radius 3 is 2.71 bits per heavy atom. The average Bonchev–Trinajstić information content (AvgIpc) is 2.67. The van der Waals surface area contributed by atoms with Gasteiger partial charge in [-0.2, -0.15) is 4.80 Å². The van der Waals surface area contributed by atoms with Crippen molar-refractivity contribution in [1.29, 1.82) is 0 Å². The largest absolute Gasteiger partial charge is 0.378 e. The Morgan fingerprint density at radius 2 is 2.29 bits per heavy atom. The van der Waals surface area contributed by atoms with E-state index in [1.54, 1.807) is 7.05 Å². The van der Waals surface area contributed by atoms with E-state index in [0.717, 1.165) is 31.5 Å². The van der Waals surface area contributed by atoms with E-state index in [2.05, 4.69) is 20.7 Å². The van der Waals surface area contributed by atoms with E-state index in [0.29, 0.717) is 6.04 Å². The van der Waals surface area contributed by atoms with Crippen molar-refractivity contribution in [3.63, 3.8) is 0 Å². The van der Waals surface area contributed by atoms with Crippen LogP contribution in [0.25, 0.3) is 0 Å². The van der Waals surface area contributed by atoms with Gasteiger partial charge in [0, 0.05) is 19.6 Å². The number of nitrogens with zero attached hydrogens (tertiary/aromatic N) is 4. The number of likely N-dealkylation sites (N-methyl/N-ethyl adjacent to an activating group) is 1.